The third kappa shape index (κ3) is 3.10. The van der Waals surface area contributed by atoms with Gasteiger partial charge < -0.3 is 11.5 Å². The van der Waals surface area contributed by atoms with Crippen LogP contribution >= 0.6 is 0 Å². The van der Waals surface area contributed by atoms with Crippen molar-refractivity contribution in [3.05, 3.63) is 35.4 Å². The lowest BCUT2D eigenvalue weighted by Crippen LogP contribution is -2.11. The second-order valence-corrected chi connectivity index (χ2v) is 4.73. The molecule has 0 fully saturated rings. The second kappa shape index (κ2) is 4.49. The van der Waals surface area contributed by atoms with E-state index in [1.165, 1.54) is 5.56 Å². The Hall–Kier alpha value is -1.28. The predicted octanol–water partition coefficient (Wildman–Crippen LogP) is 2.54. The monoisotopic (exact) mass is 204 g/mol. The van der Waals surface area contributed by atoms with Gasteiger partial charge in [0.05, 0.1) is 0 Å². The number of hydrogen-bond donors (Lipinski definition) is 2. The molecule has 0 aliphatic rings. The molecule has 0 unspecified atom stereocenters. The molecule has 0 saturated heterocycles. The molecule has 1 rings (SSSR count). The number of hydrogen-bond acceptors (Lipinski definition) is 2. The maximum atomic E-state index is 5.88. The van der Waals surface area contributed by atoms with E-state index in [4.69, 9.17) is 11.5 Å². The molecule has 0 radical (unpaired) electrons. The predicted molar refractivity (Wildman–Crippen MR) is 67.6 cm³/mol. The first kappa shape index (κ1) is 11.8. The van der Waals surface area contributed by atoms with E-state index >= 15 is 0 Å². The average Bonchev–Trinajstić information content (AvgIpc) is 2.15. The second-order valence-electron chi connectivity index (χ2n) is 4.73. The Balaban J connectivity index is 3.11. The molecule has 0 saturated carbocycles. The highest BCUT2D eigenvalue weighted by molar-refractivity contribution is 5.65. The molecule has 1 aromatic rings. The van der Waals surface area contributed by atoms with Crippen LogP contribution in [-0.4, -0.2) is 6.54 Å². The van der Waals surface area contributed by atoms with E-state index in [1.807, 2.05) is 18.2 Å². The molecule has 0 heterocycles. The minimum absolute atomic E-state index is 0.152. The summed E-state index contributed by atoms with van der Waals surface area (Å²) in [5.74, 6) is 0. The first-order valence-electron chi connectivity index (χ1n) is 5.22. The molecule has 0 amide bonds. The Morgan fingerprint density at radius 2 is 1.93 bits per heavy atom. The quantitative estimate of drug-likeness (QED) is 0.727. The Bertz CT molecular complexity index is 359. The average molecular weight is 204 g/mol. The van der Waals surface area contributed by atoms with Crippen LogP contribution in [0.5, 0.6) is 0 Å². The van der Waals surface area contributed by atoms with E-state index in [1.54, 1.807) is 0 Å². The Kier molecular flexibility index (Phi) is 3.53. The molecule has 1 aromatic carbocycles. The van der Waals surface area contributed by atoms with Crippen LogP contribution in [0.15, 0.2) is 24.3 Å². The molecule has 2 heteroatoms. The molecular formula is C13H20N2. The smallest absolute Gasteiger partial charge is 0.0387 e. The molecule has 82 valence electrons. The third-order valence-electron chi connectivity index (χ3n) is 2.39. The Morgan fingerprint density at radius 1 is 1.27 bits per heavy atom. The molecule has 15 heavy (non-hydrogen) atoms. The molecule has 0 aliphatic carbocycles. The van der Waals surface area contributed by atoms with Crippen molar-refractivity contribution in [2.24, 2.45) is 5.73 Å². The van der Waals surface area contributed by atoms with Crippen LogP contribution in [0.1, 0.15) is 31.9 Å². The van der Waals surface area contributed by atoms with Crippen molar-refractivity contribution in [2.75, 3.05) is 12.3 Å². The molecule has 0 aliphatic heterocycles. The first-order chi connectivity index (χ1) is 6.95. The van der Waals surface area contributed by atoms with Gasteiger partial charge in [0.15, 0.2) is 0 Å². The van der Waals surface area contributed by atoms with Gasteiger partial charge in [-0.15, -0.1) is 0 Å². The van der Waals surface area contributed by atoms with Crippen molar-refractivity contribution in [3.63, 3.8) is 0 Å². The third-order valence-corrected chi connectivity index (χ3v) is 2.39. The zero-order valence-corrected chi connectivity index (χ0v) is 9.75. The fraction of sp³-hybridized carbons (Fsp3) is 0.385. The number of benzene rings is 1. The summed E-state index contributed by atoms with van der Waals surface area (Å²) in [6.07, 6.45) is 3.89. The van der Waals surface area contributed by atoms with Crippen LogP contribution in [0.2, 0.25) is 0 Å². The van der Waals surface area contributed by atoms with Crippen LogP contribution in [-0.2, 0) is 5.41 Å². The number of anilines is 1. The topological polar surface area (TPSA) is 52.0 Å². The van der Waals surface area contributed by atoms with Gasteiger partial charge in [-0.1, -0.05) is 39.0 Å². The van der Waals surface area contributed by atoms with Crippen molar-refractivity contribution in [3.8, 4) is 0 Å². The van der Waals surface area contributed by atoms with Gasteiger partial charge in [0.2, 0.25) is 0 Å². The van der Waals surface area contributed by atoms with Gasteiger partial charge >= 0.3 is 0 Å². The molecule has 2 nitrogen and oxygen atoms in total. The molecule has 0 bridgehead atoms. The highest BCUT2D eigenvalue weighted by atomic mass is 14.6. The molecule has 0 aromatic heterocycles. The normalized spacial score (nSPS) is 12.3. The van der Waals surface area contributed by atoms with Gasteiger partial charge in [-0.25, -0.2) is 0 Å². The van der Waals surface area contributed by atoms with Gasteiger partial charge in [0, 0.05) is 12.2 Å². The minimum Gasteiger partial charge on any atom is -0.398 e. The molecule has 4 N–H and O–H groups in total. The van der Waals surface area contributed by atoms with Crippen LogP contribution in [0, 0.1) is 0 Å². The molecule has 0 atom stereocenters. The summed E-state index contributed by atoms with van der Waals surface area (Å²) in [7, 11) is 0. The fourth-order valence-electron chi connectivity index (χ4n) is 1.38. The maximum absolute atomic E-state index is 5.88. The summed E-state index contributed by atoms with van der Waals surface area (Å²) in [6.45, 7) is 7.11. The van der Waals surface area contributed by atoms with E-state index in [9.17, 15) is 0 Å². The maximum Gasteiger partial charge on any atom is 0.0387 e. The van der Waals surface area contributed by atoms with Gasteiger partial charge in [-0.05, 0) is 28.7 Å². The standard InChI is InChI=1S/C13H20N2/c1-13(2,3)11-6-7-12(15)10(9-11)5-4-8-14/h4-7,9H,8,14-15H2,1-3H3. The van der Waals surface area contributed by atoms with Gasteiger partial charge in [0.25, 0.3) is 0 Å². The molecular weight excluding hydrogens is 184 g/mol. The lowest BCUT2D eigenvalue weighted by molar-refractivity contribution is 0.590. The summed E-state index contributed by atoms with van der Waals surface area (Å²) in [5, 5.41) is 0. The van der Waals surface area contributed by atoms with Crippen molar-refractivity contribution < 1.29 is 0 Å². The van der Waals surface area contributed by atoms with Gasteiger partial charge in [-0.2, -0.15) is 0 Å². The van der Waals surface area contributed by atoms with Crippen molar-refractivity contribution in [1.82, 2.24) is 0 Å². The summed E-state index contributed by atoms with van der Waals surface area (Å²) in [5.41, 5.74) is 14.6. The zero-order chi connectivity index (χ0) is 11.5. The number of nitrogens with two attached hydrogens (primary N) is 2. The highest BCUT2D eigenvalue weighted by Crippen LogP contribution is 2.26. The van der Waals surface area contributed by atoms with Crippen molar-refractivity contribution in [2.45, 2.75) is 26.2 Å². The number of nitrogen functional groups attached to an aromatic ring is 1. The van der Waals surface area contributed by atoms with E-state index in [2.05, 4.69) is 32.9 Å². The number of rotatable bonds is 2. The highest BCUT2D eigenvalue weighted by Gasteiger charge is 2.13. The largest absolute Gasteiger partial charge is 0.398 e. The SMILES string of the molecule is CC(C)(C)c1ccc(N)c(C=CCN)c1. The van der Waals surface area contributed by atoms with E-state index in [0.29, 0.717) is 6.54 Å². The van der Waals surface area contributed by atoms with E-state index in [-0.39, 0.29) is 5.41 Å². The summed E-state index contributed by atoms with van der Waals surface area (Å²) < 4.78 is 0. The summed E-state index contributed by atoms with van der Waals surface area (Å²) in [4.78, 5) is 0. The van der Waals surface area contributed by atoms with Crippen LogP contribution < -0.4 is 11.5 Å². The zero-order valence-electron chi connectivity index (χ0n) is 9.75. The van der Waals surface area contributed by atoms with Crippen LogP contribution in [0.25, 0.3) is 6.08 Å². The Labute approximate surface area is 92.0 Å². The summed E-state index contributed by atoms with van der Waals surface area (Å²) >= 11 is 0. The summed E-state index contributed by atoms with van der Waals surface area (Å²) in [6, 6.07) is 6.16. The lowest BCUT2D eigenvalue weighted by Gasteiger charge is -2.20. The first-order valence-corrected chi connectivity index (χ1v) is 5.22. The van der Waals surface area contributed by atoms with Crippen LogP contribution in [0.4, 0.5) is 5.69 Å². The Morgan fingerprint density at radius 3 is 2.47 bits per heavy atom. The fourth-order valence-corrected chi connectivity index (χ4v) is 1.38. The van der Waals surface area contributed by atoms with Gasteiger partial charge in [0.1, 0.15) is 0 Å². The van der Waals surface area contributed by atoms with E-state index in [0.717, 1.165) is 11.3 Å². The molecule has 0 spiro atoms. The van der Waals surface area contributed by atoms with Crippen molar-refractivity contribution in [1.29, 1.82) is 0 Å². The minimum atomic E-state index is 0.152. The lowest BCUT2D eigenvalue weighted by atomic mass is 9.86. The van der Waals surface area contributed by atoms with Crippen LogP contribution in [0.3, 0.4) is 0 Å². The van der Waals surface area contributed by atoms with Gasteiger partial charge in [-0.3, -0.25) is 0 Å². The van der Waals surface area contributed by atoms with Crippen molar-refractivity contribution >= 4 is 11.8 Å². The van der Waals surface area contributed by atoms with E-state index < -0.39 is 0 Å².